The molecule has 102 valence electrons. The number of likely N-dealkylation sites (tertiary alicyclic amines) is 1. The summed E-state index contributed by atoms with van der Waals surface area (Å²) in [7, 11) is -2.98. The zero-order valence-electron chi connectivity index (χ0n) is 11.3. The van der Waals surface area contributed by atoms with Gasteiger partial charge in [-0.2, -0.15) is 0 Å². The van der Waals surface area contributed by atoms with Gasteiger partial charge in [0.25, 0.3) is 0 Å². The van der Waals surface area contributed by atoms with Crippen molar-refractivity contribution in [1.29, 1.82) is 0 Å². The van der Waals surface area contributed by atoms with E-state index in [2.05, 4.69) is 10.2 Å². The van der Waals surface area contributed by atoms with Gasteiger partial charge in [0.1, 0.15) is 0 Å². The van der Waals surface area contributed by atoms with Gasteiger partial charge in [-0.05, 0) is 59.3 Å². The zero-order valence-corrected chi connectivity index (χ0v) is 12.1. The lowest BCUT2D eigenvalue weighted by molar-refractivity contribution is 0.330. The first-order valence-corrected chi connectivity index (χ1v) is 8.35. The van der Waals surface area contributed by atoms with E-state index in [-0.39, 0.29) is 0 Å². The lowest BCUT2D eigenvalue weighted by Gasteiger charge is -2.23. The van der Waals surface area contributed by atoms with Crippen LogP contribution in [0.3, 0.4) is 0 Å². The van der Waals surface area contributed by atoms with Crippen LogP contribution in [0.4, 0.5) is 0 Å². The van der Waals surface area contributed by atoms with Crippen LogP contribution in [0.15, 0.2) is 0 Å². The Kier molecular flexibility index (Phi) is 5.41. The number of nitrogens with one attached hydrogen (secondary N) is 1. The van der Waals surface area contributed by atoms with E-state index in [9.17, 15) is 8.42 Å². The van der Waals surface area contributed by atoms with Crippen LogP contribution in [0, 0.1) is 0 Å². The SMILES string of the molecule is CC(C)(CNCCCN1CCCC1)S(C)(=O)=O. The van der Waals surface area contributed by atoms with Crippen molar-refractivity contribution in [2.75, 3.05) is 39.0 Å². The molecule has 0 saturated carbocycles. The Balaban J connectivity index is 2.11. The zero-order chi connectivity index (χ0) is 12.9. The average molecular weight is 262 g/mol. The Morgan fingerprint density at radius 3 is 2.35 bits per heavy atom. The van der Waals surface area contributed by atoms with Gasteiger partial charge in [0, 0.05) is 12.8 Å². The van der Waals surface area contributed by atoms with Crippen LogP contribution in [0.1, 0.15) is 33.1 Å². The van der Waals surface area contributed by atoms with Gasteiger partial charge in [-0.3, -0.25) is 0 Å². The lowest BCUT2D eigenvalue weighted by Crippen LogP contribution is -2.42. The van der Waals surface area contributed by atoms with Gasteiger partial charge in [0.2, 0.25) is 0 Å². The van der Waals surface area contributed by atoms with E-state index in [1.54, 1.807) is 13.8 Å². The summed E-state index contributed by atoms with van der Waals surface area (Å²) < 4.78 is 22.3. The molecule has 1 fully saturated rings. The normalized spacial score (nSPS) is 18.8. The molecule has 5 heteroatoms. The topological polar surface area (TPSA) is 49.4 Å². The number of hydrogen-bond acceptors (Lipinski definition) is 4. The molecule has 1 saturated heterocycles. The molecule has 1 aliphatic heterocycles. The largest absolute Gasteiger partial charge is 0.315 e. The summed E-state index contributed by atoms with van der Waals surface area (Å²) in [6, 6.07) is 0. The second kappa shape index (κ2) is 6.16. The molecule has 0 aromatic rings. The minimum Gasteiger partial charge on any atom is -0.315 e. The molecule has 0 amide bonds. The quantitative estimate of drug-likeness (QED) is 0.692. The lowest BCUT2D eigenvalue weighted by atomic mass is 10.2. The second-order valence-electron chi connectivity index (χ2n) is 5.61. The van der Waals surface area contributed by atoms with Crippen LogP contribution in [0.25, 0.3) is 0 Å². The van der Waals surface area contributed by atoms with Gasteiger partial charge >= 0.3 is 0 Å². The molecular formula is C12H26N2O2S. The third-order valence-electron chi connectivity index (χ3n) is 3.58. The molecule has 0 radical (unpaired) electrons. The molecule has 0 bridgehead atoms. The summed E-state index contributed by atoms with van der Waals surface area (Å²) in [5.41, 5.74) is 0. The standard InChI is InChI=1S/C12H26N2O2S/c1-12(2,17(3,15)16)11-13-7-6-10-14-8-4-5-9-14/h13H,4-11H2,1-3H3. The fourth-order valence-corrected chi connectivity index (χ4v) is 2.32. The van der Waals surface area contributed by atoms with Crippen LogP contribution >= 0.6 is 0 Å². The van der Waals surface area contributed by atoms with E-state index < -0.39 is 14.6 Å². The van der Waals surface area contributed by atoms with E-state index in [1.807, 2.05) is 0 Å². The smallest absolute Gasteiger partial charge is 0.153 e. The summed E-state index contributed by atoms with van der Waals surface area (Å²) in [6.45, 7) is 8.57. The molecule has 0 aromatic heterocycles. The van der Waals surface area contributed by atoms with Gasteiger partial charge in [-0.1, -0.05) is 0 Å². The fourth-order valence-electron chi connectivity index (χ4n) is 1.95. The molecule has 0 unspecified atom stereocenters. The fraction of sp³-hybridized carbons (Fsp3) is 1.00. The van der Waals surface area contributed by atoms with Crippen molar-refractivity contribution < 1.29 is 8.42 Å². The molecule has 0 spiro atoms. The summed E-state index contributed by atoms with van der Waals surface area (Å²) in [5, 5.41) is 3.25. The van der Waals surface area contributed by atoms with Gasteiger partial charge in [-0.25, -0.2) is 8.42 Å². The number of rotatable bonds is 7. The Morgan fingerprint density at radius 2 is 1.82 bits per heavy atom. The van der Waals surface area contributed by atoms with E-state index in [0.29, 0.717) is 6.54 Å². The second-order valence-corrected chi connectivity index (χ2v) is 8.26. The first-order chi connectivity index (χ1) is 7.83. The third-order valence-corrected chi connectivity index (χ3v) is 5.73. The molecule has 0 atom stereocenters. The predicted molar refractivity (Wildman–Crippen MR) is 72.1 cm³/mol. The van der Waals surface area contributed by atoms with Crippen molar-refractivity contribution in [2.45, 2.75) is 37.9 Å². The van der Waals surface area contributed by atoms with Crippen LogP contribution in [-0.4, -0.2) is 57.0 Å². The minimum absolute atomic E-state index is 0.534. The Labute approximate surface area is 106 Å². The van der Waals surface area contributed by atoms with Crippen LogP contribution in [0.2, 0.25) is 0 Å². The molecule has 4 nitrogen and oxygen atoms in total. The first-order valence-electron chi connectivity index (χ1n) is 6.46. The van der Waals surface area contributed by atoms with Crippen LogP contribution in [-0.2, 0) is 9.84 Å². The number of hydrogen-bond donors (Lipinski definition) is 1. The van der Waals surface area contributed by atoms with Crippen LogP contribution < -0.4 is 5.32 Å². The van der Waals surface area contributed by atoms with Crippen molar-refractivity contribution in [3.8, 4) is 0 Å². The molecule has 0 aliphatic carbocycles. The number of sulfone groups is 1. The van der Waals surface area contributed by atoms with Crippen molar-refractivity contribution in [1.82, 2.24) is 10.2 Å². The van der Waals surface area contributed by atoms with Crippen molar-refractivity contribution in [3.05, 3.63) is 0 Å². The van der Waals surface area contributed by atoms with Gasteiger partial charge in [-0.15, -0.1) is 0 Å². The van der Waals surface area contributed by atoms with E-state index in [1.165, 1.54) is 32.2 Å². The van der Waals surface area contributed by atoms with E-state index >= 15 is 0 Å². The average Bonchev–Trinajstić information content (AvgIpc) is 2.68. The highest BCUT2D eigenvalue weighted by molar-refractivity contribution is 7.92. The van der Waals surface area contributed by atoms with E-state index in [0.717, 1.165) is 19.5 Å². The molecule has 17 heavy (non-hydrogen) atoms. The van der Waals surface area contributed by atoms with Crippen molar-refractivity contribution in [3.63, 3.8) is 0 Å². The number of nitrogens with zero attached hydrogens (tertiary/aromatic N) is 1. The maximum atomic E-state index is 11.5. The van der Waals surface area contributed by atoms with Gasteiger partial charge in [0.15, 0.2) is 9.84 Å². The summed E-state index contributed by atoms with van der Waals surface area (Å²) >= 11 is 0. The maximum absolute atomic E-state index is 11.5. The molecule has 1 heterocycles. The van der Waals surface area contributed by atoms with Crippen molar-refractivity contribution in [2.24, 2.45) is 0 Å². The minimum atomic E-state index is -2.98. The molecular weight excluding hydrogens is 236 g/mol. The summed E-state index contributed by atoms with van der Waals surface area (Å²) in [5.74, 6) is 0. The highest BCUT2D eigenvalue weighted by Crippen LogP contribution is 2.13. The maximum Gasteiger partial charge on any atom is 0.153 e. The third kappa shape index (κ3) is 4.94. The van der Waals surface area contributed by atoms with Crippen molar-refractivity contribution >= 4 is 9.84 Å². The van der Waals surface area contributed by atoms with Gasteiger partial charge < -0.3 is 10.2 Å². The van der Waals surface area contributed by atoms with Crippen LogP contribution in [0.5, 0.6) is 0 Å². The Bertz CT molecular complexity index is 319. The first kappa shape index (κ1) is 14.9. The molecule has 1 aliphatic rings. The highest BCUT2D eigenvalue weighted by Gasteiger charge is 2.29. The monoisotopic (exact) mass is 262 g/mol. The Hall–Kier alpha value is -0.130. The van der Waals surface area contributed by atoms with E-state index in [4.69, 9.17) is 0 Å². The predicted octanol–water partition coefficient (Wildman–Crippen LogP) is 0.885. The Morgan fingerprint density at radius 1 is 1.24 bits per heavy atom. The molecule has 1 N–H and O–H groups in total. The molecule has 0 aromatic carbocycles. The molecule has 1 rings (SSSR count). The van der Waals surface area contributed by atoms with Gasteiger partial charge in [0.05, 0.1) is 4.75 Å². The summed E-state index contributed by atoms with van der Waals surface area (Å²) in [6.07, 6.45) is 5.06. The summed E-state index contributed by atoms with van der Waals surface area (Å²) in [4.78, 5) is 2.48. The highest BCUT2D eigenvalue weighted by atomic mass is 32.2.